The zero-order valence-corrected chi connectivity index (χ0v) is 14.3. The van der Waals surface area contributed by atoms with Crippen molar-refractivity contribution >= 4 is 50.9 Å². The number of amides is 1. The number of nitrogen functional groups attached to an aromatic ring is 1. The van der Waals surface area contributed by atoms with Gasteiger partial charge < -0.3 is 11.1 Å². The van der Waals surface area contributed by atoms with Crippen LogP contribution in [0.4, 0.5) is 5.69 Å². The van der Waals surface area contributed by atoms with Crippen molar-refractivity contribution in [2.24, 2.45) is 0 Å². The van der Waals surface area contributed by atoms with Crippen LogP contribution in [-0.4, -0.2) is 11.7 Å². The van der Waals surface area contributed by atoms with Crippen molar-refractivity contribution in [1.82, 2.24) is 5.32 Å². The number of benzene rings is 2. The number of carbonyl (C=O) groups is 1. The van der Waals surface area contributed by atoms with Crippen LogP contribution >= 0.6 is 39.3 Å². The predicted octanol–water partition coefficient (Wildman–Crippen LogP) is 4.09. The fourth-order valence-electron chi connectivity index (χ4n) is 1.63. The molecule has 0 aromatic heterocycles. The lowest BCUT2D eigenvalue weighted by Crippen LogP contribution is -2.24. The Kier molecular flexibility index (Phi) is 5.96. The molecule has 110 valence electrons. The molecule has 0 aliphatic carbocycles. The van der Waals surface area contributed by atoms with Gasteiger partial charge in [0.2, 0.25) is 5.91 Å². The normalized spacial score (nSPS) is 10.4. The van der Waals surface area contributed by atoms with Gasteiger partial charge >= 0.3 is 0 Å². The van der Waals surface area contributed by atoms with E-state index in [1.807, 2.05) is 42.5 Å². The van der Waals surface area contributed by atoms with E-state index >= 15 is 0 Å². The quantitative estimate of drug-likeness (QED) is 0.602. The largest absolute Gasteiger partial charge is 0.399 e. The Labute approximate surface area is 141 Å². The molecule has 0 spiro atoms. The predicted molar refractivity (Wildman–Crippen MR) is 92.6 cm³/mol. The lowest BCUT2D eigenvalue weighted by molar-refractivity contribution is -0.118. The summed E-state index contributed by atoms with van der Waals surface area (Å²) in [5.41, 5.74) is 7.39. The standard InChI is InChI=1S/C15H14BrClN2OS/c16-13-7-12(18)5-6-14(13)21-9-15(20)19-8-10-1-3-11(17)4-2-10/h1-7H,8-9,18H2,(H,19,20). The van der Waals surface area contributed by atoms with Gasteiger partial charge in [0.25, 0.3) is 0 Å². The fraction of sp³-hybridized carbons (Fsp3) is 0.133. The van der Waals surface area contributed by atoms with E-state index in [0.29, 0.717) is 23.0 Å². The minimum atomic E-state index is -0.0151. The molecule has 21 heavy (non-hydrogen) atoms. The molecule has 3 nitrogen and oxygen atoms in total. The SMILES string of the molecule is Nc1ccc(SCC(=O)NCc2ccc(Cl)cc2)c(Br)c1. The smallest absolute Gasteiger partial charge is 0.230 e. The molecule has 0 bridgehead atoms. The maximum absolute atomic E-state index is 11.8. The summed E-state index contributed by atoms with van der Waals surface area (Å²) in [5.74, 6) is 0.342. The molecule has 0 saturated carbocycles. The Morgan fingerprint density at radius 3 is 2.62 bits per heavy atom. The van der Waals surface area contributed by atoms with E-state index < -0.39 is 0 Å². The second-order valence-corrected chi connectivity index (χ2v) is 6.69. The Balaban J connectivity index is 1.80. The van der Waals surface area contributed by atoms with E-state index in [2.05, 4.69) is 21.2 Å². The third-order valence-corrected chi connectivity index (χ3v) is 4.96. The maximum atomic E-state index is 11.8. The minimum absolute atomic E-state index is 0.0151. The molecule has 0 heterocycles. The number of hydrogen-bond donors (Lipinski definition) is 2. The maximum Gasteiger partial charge on any atom is 0.230 e. The molecular weight excluding hydrogens is 372 g/mol. The summed E-state index contributed by atoms with van der Waals surface area (Å²) in [6.45, 7) is 0.499. The molecular formula is C15H14BrClN2OS. The van der Waals surface area contributed by atoms with Crippen molar-refractivity contribution in [1.29, 1.82) is 0 Å². The summed E-state index contributed by atoms with van der Waals surface area (Å²) in [7, 11) is 0. The third kappa shape index (κ3) is 5.26. The molecule has 2 aromatic rings. The molecule has 0 fully saturated rings. The Hall–Kier alpha value is -1.17. The molecule has 6 heteroatoms. The van der Waals surface area contributed by atoms with Crippen molar-refractivity contribution in [3.8, 4) is 0 Å². The topological polar surface area (TPSA) is 55.1 Å². The summed E-state index contributed by atoms with van der Waals surface area (Å²) in [4.78, 5) is 12.8. The molecule has 2 rings (SSSR count). The molecule has 0 atom stereocenters. The second-order valence-electron chi connectivity index (χ2n) is 4.38. The van der Waals surface area contributed by atoms with Gasteiger partial charge in [-0.3, -0.25) is 4.79 Å². The van der Waals surface area contributed by atoms with Crippen molar-refractivity contribution in [3.63, 3.8) is 0 Å². The van der Waals surface area contributed by atoms with E-state index in [1.165, 1.54) is 11.8 Å². The molecule has 3 N–H and O–H groups in total. The molecule has 0 aliphatic rings. The van der Waals surface area contributed by atoms with Gasteiger partial charge in [0.1, 0.15) is 0 Å². The van der Waals surface area contributed by atoms with Crippen LogP contribution in [0.1, 0.15) is 5.56 Å². The average molecular weight is 386 g/mol. The number of hydrogen-bond acceptors (Lipinski definition) is 3. The van der Waals surface area contributed by atoms with Gasteiger partial charge in [-0.05, 0) is 51.8 Å². The van der Waals surface area contributed by atoms with Gasteiger partial charge in [-0.1, -0.05) is 23.7 Å². The zero-order valence-electron chi connectivity index (χ0n) is 11.1. The molecule has 1 amide bonds. The van der Waals surface area contributed by atoms with Crippen molar-refractivity contribution in [2.75, 3.05) is 11.5 Å². The van der Waals surface area contributed by atoms with E-state index in [-0.39, 0.29) is 5.91 Å². The minimum Gasteiger partial charge on any atom is -0.399 e. The summed E-state index contributed by atoms with van der Waals surface area (Å²) in [6.07, 6.45) is 0. The molecule has 2 aromatic carbocycles. The second kappa shape index (κ2) is 7.73. The molecule has 0 aliphatic heterocycles. The summed E-state index contributed by atoms with van der Waals surface area (Å²) in [6, 6.07) is 13.0. The van der Waals surface area contributed by atoms with Gasteiger partial charge in [-0.25, -0.2) is 0 Å². The van der Waals surface area contributed by atoms with Gasteiger partial charge in [0, 0.05) is 26.6 Å². The van der Waals surface area contributed by atoms with Crippen LogP contribution in [0, 0.1) is 0 Å². The lowest BCUT2D eigenvalue weighted by Gasteiger charge is -2.07. The Bertz CT molecular complexity index is 634. The number of nitrogens with two attached hydrogens (primary N) is 1. The van der Waals surface area contributed by atoms with Crippen LogP contribution in [0.2, 0.25) is 5.02 Å². The third-order valence-electron chi connectivity index (χ3n) is 2.72. The van der Waals surface area contributed by atoms with E-state index in [1.54, 1.807) is 0 Å². The van der Waals surface area contributed by atoms with Crippen LogP contribution in [0.3, 0.4) is 0 Å². The van der Waals surface area contributed by atoms with Crippen molar-refractivity contribution in [2.45, 2.75) is 11.4 Å². The number of rotatable bonds is 5. The van der Waals surface area contributed by atoms with Crippen LogP contribution in [-0.2, 0) is 11.3 Å². The average Bonchev–Trinajstić information content (AvgIpc) is 2.46. The van der Waals surface area contributed by atoms with Crippen LogP contribution < -0.4 is 11.1 Å². The highest BCUT2D eigenvalue weighted by Gasteiger charge is 2.06. The fourth-order valence-corrected chi connectivity index (χ4v) is 3.25. The highest BCUT2D eigenvalue weighted by atomic mass is 79.9. The highest BCUT2D eigenvalue weighted by Crippen LogP contribution is 2.28. The molecule has 0 saturated heterocycles. The lowest BCUT2D eigenvalue weighted by atomic mass is 10.2. The van der Waals surface area contributed by atoms with Crippen LogP contribution in [0.5, 0.6) is 0 Å². The van der Waals surface area contributed by atoms with Crippen LogP contribution in [0.15, 0.2) is 51.8 Å². The number of halogens is 2. The van der Waals surface area contributed by atoms with Gasteiger partial charge in [0.05, 0.1) is 5.75 Å². The van der Waals surface area contributed by atoms with Gasteiger partial charge in [-0.2, -0.15) is 0 Å². The first kappa shape index (κ1) is 16.2. The van der Waals surface area contributed by atoms with Gasteiger partial charge in [0.15, 0.2) is 0 Å². The number of carbonyl (C=O) groups excluding carboxylic acids is 1. The van der Waals surface area contributed by atoms with Crippen molar-refractivity contribution < 1.29 is 4.79 Å². The molecule has 0 unspecified atom stereocenters. The van der Waals surface area contributed by atoms with E-state index in [4.69, 9.17) is 17.3 Å². The first-order valence-electron chi connectivity index (χ1n) is 6.23. The Morgan fingerprint density at radius 1 is 1.24 bits per heavy atom. The first-order chi connectivity index (χ1) is 10.0. The first-order valence-corrected chi connectivity index (χ1v) is 8.39. The highest BCUT2D eigenvalue weighted by molar-refractivity contribution is 9.10. The Morgan fingerprint density at radius 2 is 1.95 bits per heavy atom. The summed E-state index contributed by atoms with van der Waals surface area (Å²) >= 11 is 10.7. The monoisotopic (exact) mass is 384 g/mol. The van der Waals surface area contributed by atoms with Crippen molar-refractivity contribution in [3.05, 3.63) is 57.5 Å². The van der Waals surface area contributed by atoms with E-state index in [0.717, 1.165) is 14.9 Å². The summed E-state index contributed by atoms with van der Waals surface area (Å²) < 4.78 is 0.901. The molecule has 0 radical (unpaired) electrons. The number of thioether (sulfide) groups is 1. The summed E-state index contributed by atoms with van der Waals surface area (Å²) in [5, 5.41) is 3.57. The number of nitrogens with one attached hydrogen (secondary N) is 1. The van der Waals surface area contributed by atoms with E-state index in [9.17, 15) is 4.79 Å². The number of anilines is 1. The van der Waals surface area contributed by atoms with Gasteiger partial charge in [-0.15, -0.1) is 11.8 Å². The van der Waals surface area contributed by atoms with Crippen LogP contribution in [0.25, 0.3) is 0 Å². The zero-order chi connectivity index (χ0) is 15.2.